The normalized spacial score (nSPS) is 22.0. The first-order valence-electron chi connectivity index (χ1n) is 15.8. The number of hydrogen-bond donors (Lipinski definition) is 2. The minimum Gasteiger partial charge on any atom is -0.364 e. The van der Waals surface area contributed by atoms with E-state index in [-0.39, 0.29) is 80.0 Å². The maximum absolute atomic E-state index is 14.1. The van der Waals surface area contributed by atoms with Gasteiger partial charge in [-0.25, -0.2) is 27.5 Å². The molecule has 3 atom stereocenters. The Bertz CT molecular complexity index is 1570. The Labute approximate surface area is 265 Å². The second-order valence-corrected chi connectivity index (χ2v) is 13.2. The smallest absolute Gasteiger partial charge is 0.364 e. The molecule has 3 fully saturated rings. The number of aldehydes is 1. The summed E-state index contributed by atoms with van der Waals surface area (Å²) in [6, 6.07) is 0.670. The quantitative estimate of drug-likeness (QED) is 0.159. The van der Waals surface area contributed by atoms with Gasteiger partial charge in [-0.3, -0.25) is 9.20 Å². The van der Waals surface area contributed by atoms with Gasteiger partial charge in [-0.05, 0) is 49.5 Å². The summed E-state index contributed by atoms with van der Waals surface area (Å²) < 4.78 is 99.9. The lowest BCUT2D eigenvalue weighted by Gasteiger charge is -2.38. The molecule has 2 N–H and O–H groups in total. The number of hydrogen-bond acceptors (Lipinski definition) is 7. The highest BCUT2D eigenvalue weighted by Crippen LogP contribution is 2.46. The second-order valence-electron chi connectivity index (χ2n) is 13.2. The van der Waals surface area contributed by atoms with Crippen LogP contribution in [0.3, 0.4) is 0 Å². The number of alkyl halides is 7. The molecule has 3 saturated carbocycles. The summed E-state index contributed by atoms with van der Waals surface area (Å²) in [4.78, 5) is 34.4. The molecule has 0 aliphatic heterocycles. The molecule has 3 heterocycles. The van der Waals surface area contributed by atoms with E-state index in [2.05, 4.69) is 20.8 Å². The summed E-state index contributed by atoms with van der Waals surface area (Å²) in [6.07, 6.45) is -0.612. The van der Waals surface area contributed by atoms with Crippen molar-refractivity contribution in [3.8, 4) is 0 Å². The predicted molar refractivity (Wildman–Crippen MR) is 152 cm³/mol. The first-order valence-corrected chi connectivity index (χ1v) is 15.8. The average Bonchev–Trinajstić information content (AvgIpc) is 3.55. The lowest BCUT2D eigenvalue weighted by atomic mass is 9.73. The van der Waals surface area contributed by atoms with Crippen molar-refractivity contribution in [2.75, 3.05) is 6.54 Å². The van der Waals surface area contributed by atoms with Crippen molar-refractivity contribution in [2.45, 2.75) is 94.3 Å². The van der Waals surface area contributed by atoms with Crippen molar-refractivity contribution < 1.29 is 44.8 Å². The third-order valence-electron chi connectivity index (χ3n) is 9.63. The van der Waals surface area contributed by atoms with Crippen LogP contribution in [0.1, 0.15) is 97.3 Å². The number of nitrogens with one attached hydrogen (secondary N) is 2. The highest BCUT2D eigenvalue weighted by molar-refractivity contribution is 5.95. The molecule has 3 aliphatic carbocycles. The van der Waals surface area contributed by atoms with Crippen LogP contribution in [0.15, 0.2) is 29.2 Å². The number of aryl methyl sites for hydroxylation is 1. The van der Waals surface area contributed by atoms with Crippen LogP contribution >= 0.6 is 0 Å². The molecule has 0 spiro atoms. The van der Waals surface area contributed by atoms with Gasteiger partial charge in [-0.15, -0.1) is 0 Å². The van der Waals surface area contributed by atoms with Crippen LogP contribution in [0, 0.1) is 23.7 Å². The summed E-state index contributed by atoms with van der Waals surface area (Å²) >= 11 is 0. The molecule has 256 valence electrons. The lowest BCUT2D eigenvalue weighted by Crippen LogP contribution is -2.44. The Morgan fingerprint density at radius 3 is 2.32 bits per heavy atom. The molecule has 1 amide bonds. The molecule has 16 heteroatoms. The fourth-order valence-corrected chi connectivity index (χ4v) is 6.70. The van der Waals surface area contributed by atoms with E-state index in [1.54, 1.807) is 22.9 Å². The molecule has 6 rings (SSSR count). The number of carbonyl (C=O) groups excluding carboxylic acids is 2. The van der Waals surface area contributed by atoms with Crippen LogP contribution in [-0.2, 0) is 11.2 Å². The minimum absolute atomic E-state index is 0.0769. The maximum Gasteiger partial charge on any atom is 0.389 e. The molecule has 3 aromatic heterocycles. The molecule has 47 heavy (non-hydrogen) atoms. The standard InChI is InChI=1S/C31H35F7N6O3/c32-29(33)7-3-18(4-8-29)26(42-27(46)21-16-47-43-22(21)5-9-31(36,37)38)24-14-44-10-6-23(40-28(44)41-24)25(17-1-2-17)39-13-20(15-45)19-11-30(34,35)12-19/h6,10,14-20,25-26,39H,1-5,7-9,11-13H2,(H,42,46)/t20?,25-,26-/m0/s1. The number of amides is 1. The number of halogens is 7. The first kappa shape index (κ1) is 33.3. The number of carbonyl (C=O) groups is 2. The number of nitrogens with zero attached hydrogens (tertiary/aromatic N) is 4. The Kier molecular flexibility index (Phi) is 9.09. The number of rotatable bonds is 13. The summed E-state index contributed by atoms with van der Waals surface area (Å²) in [5.74, 6) is -7.20. The number of fused-ring (bicyclic) bond motifs is 1. The van der Waals surface area contributed by atoms with Crippen LogP contribution in [0.2, 0.25) is 0 Å². The van der Waals surface area contributed by atoms with Crippen LogP contribution in [0.5, 0.6) is 0 Å². The third-order valence-corrected chi connectivity index (χ3v) is 9.63. The van der Waals surface area contributed by atoms with E-state index in [1.165, 1.54) is 0 Å². The van der Waals surface area contributed by atoms with E-state index < -0.39 is 54.6 Å². The largest absolute Gasteiger partial charge is 0.389 e. The Hall–Kier alpha value is -3.56. The van der Waals surface area contributed by atoms with Gasteiger partial charge in [0.15, 0.2) is 0 Å². The van der Waals surface area contributed by atoms with Crippen molar-refractivity contribution in [2.24, 2.45) is 23.7 Å². The van der Waals surface area contributed by atoms with Crippen molar-refractivity contribution in [3.05, 3.63) is 47.4 Å². The minimum atomic E-state index is -4.47. The topological polar surface area (TPSA) is 114 Å². The Balaban J connectivity index is 1.22. The van der Waals surface area contributed by atoms with Crippen LogP contribution in [0.25, 0.3) is 5.78 Å². The third kappa shape index (κ3) is 7.95. The van der Waals surface area contributed by atoms with Crippen molar-refractivity contribution in [3.63, 3.8) is 0 Å². The first-order chi connectivity index (χ1) is 22.2. The second kappa shape index (κ2) is 12.8. The van der Waals surface area contributed by atoms with Gasteiger partial charge >= 0.3 is 6.18 Å². The van der Waals surface area contributed by atoms with Crippen molar-refractivity contribution in [1.29, 1.82) is 0 Å². The molecular weight excluding hydrogens is 637 g/mol. The highest BCUT2D eigenvalue weighted by Gasteiger charge is 2.48. The number of imidazole rings is 1. The lowest BCUT2D eigenvalue weighted by molar-refractivity contribution is -0.136. The summed E-state index contributed by atoms with van der Waals surface area (Å²) in [6.45, 7) is 0.228. The molecule has 0 bridgehead atoms. The Morgan fingerprint density at radius 2 is 1.68 bits per heavy atom. The fraction of sp³-hybridized carbons (Fsp3) is 0.645. The SMILES string of the molecule is O=CC(CN[C@H](c1ccn2cc([C@@H](NC(=O)c3conc3CCC(F)(F)F)C3CCC(F)(F)CC3)nc2n1)C1CC1)C1CC(F)(F)C1. The van der Waals surface area contributed by atoms with E-state index in [0.29, 0.717) is 11.4 Å². The van der Waals surface area contributed by atoms with Gasteiger partial charge in [0.2, 0.25) is 17.6 Å². The van der Waals surface area contributed by atoms with E-state index in [4.69, 9.17) is 9.51 Å². The summed E-state index contributed by atoms with van der Waals surface area (Å²) in [5, 5.41) is 9.72. The van der Waals surface area contributed by atoms with Crippen LogP contribution < -0.4 is 10.6 Å². The summed E-state index contributed by atoms with van der Waals surface area (Å²) in [5.41, 5.74) is 0.630. The monoisotopic (exact) mass is 672 g/mol. The van der Waals surface area contributed by atoms with Crippen LogP contribution in [0.4, 0.5) is 30.7 Å². The maximum atomic E-state index is 14.1. The van der Waals surface area contributed by atoms with Crippen LogP contribution in [-0.4, -0.2) is 56.3 Å². The van der Waals surface area contributed by atoms with E-state index >= 15 is 0 Å². The van der Waals surface area contributed by atoms with Gasteiger partial charge in [0.05, 0.1) is 29.2 Å². The van der Waals surface area contributed by atoms with Gasteiger partial charge in [-0.1, -0.05) is 5.16 Å². The van der Waals surface area contributed by atoms with Gasteiger partial charge in [0.25, 0.3) is 5.91 Å². The van der Waals surface area contributed by atoms with Crippen molar-refractivity contribution >= 4 is 18.0 Å². The number of aromatic nitrogens is 4. The molecule has 0 aromatic carbocycles. The molecule has 0 radical (unpaired) electrons. The predicted octanol–water partition coefficient (Wildman–Crippen LogP) is 6.41. The molecular formula is C31H35F7N6O3. The zero-order chi connectivity index (χ0) is 33.6. The molecule has 3 aromatic rings. The molecule has 3 aliphatic rings. The van der Waals surface area contributed by atoms with Gasteiger partial charge in [-0.2, -0.15) is 13.2 Å². The average molecular weight is 673 g/mol. The molecule has 9 nitrogen and oxygen atoms in total. The van der Waals surface area contributed by atoms with Gasteiger partial charge < -0.3 is 20.0 Å². The van der Waals surface area contributed by atoms with E-state index in [1.807, 2.05) is 0 Å². The van der Waals surface area contributed by atoms with Gasteiger partial charge in [0, 0.05) is 63.4 Å². The Morgan fingerprint density at radius 1 is 1.00 bits per heavy atom. The van der Waals surface area contributed by atoms with Gasteiger partial charge in [0.1, 0.15) is 18.1 Å². The van der Waals surface area contributed by atoms with E-state index in [9.17, 15) is 40.3 Å². The van der Waals surface area contributed by atoms with Crippen molar-refractivity contribution in [1.82, 2.24) is 30.2 Å². The zero-order valence-electron chi connectivity index (χ0n) is 25.3. The molecule has 1 unspecified atom stereocenters. The zero-order valence-corrected chi connectivity index (χ0v) is 25.3. The molecule has 0 saturated heterocycles. The summed E-state index contributed by atoms with van der Waals surface area (Å²) in [7, 11) is 0. The van der Waals surface area contributed by atoms with E-state index in [0.717, 1.165) is 25.4 Å². The fourth-order valence-electron chi connectivity index (χ4n) is 6.70. The highest BCUT2D eigenvalue weighted by atomic mass is 19.4.